The maximum absolute atomic E-state index is 13.8. The van der Waals surface area contributed by atoms with Crippen molar-refractivity contribution < 1.29 is 42.1 Å². The fourth-order valence-corrected chi connectivity index (χ4v) is 8.76. The summed E-state index contributed by atoms with van der Waals surface area (Å²) in [6.07, 6.45) is -1.53. The van der Waals surface area contributed by atoms with Crippen molar-refractivity contribution in [3.8, 4) is 28.1 Å². The number of nitrogens with zero attached hydrogens (tertiary/aromatic N) is 5. The molecule has 4 heterocycles. The number of likely N-dealkylation sites (tertiary alicyclic amines) is 1. The topological polar surface area (TPSA) is 165 Å². The number of benzene rings is 2. The van der Waals surface area contributed by atoms with E-state index in [0.29, 0.717) is 60.2 Å². The second-order valence-electron chi connectivity index (χ2n) is 18.3. The summed E-state index contributed by atoms with van der Waals surface area (Å²) in [5.74, 6) is 0.240. The molecular weight excluding hydrogens is 818 g/mol. The standard InChI is InChI=1S/C46H57F3N8O6/c1-25(2)39(54-44(61)62-8)43(60)57-22-26(3)17-36(57)40-51-21-35(53-40)30-11-9-29(10-12-30)33-15-13-31(18-37(33)63-46(47,48)49)41(58)52-32-14-16-38(50-20-32)55-23-28(5)56(24-27(55)4)42(59)34-19-45(34,6)7/h9-16,18,20-21,25-28,34,36,39,44,54,61H,17,19,22-24H2,1-8H3,(H,51,53)(H,52,58)/t26-,27+,28-,34+,36-,39-,44?/m0/s1. The van der Waals surface area contributed by atoms with Crippen molar-refractivity contribution in [2.45, 2.75) is 98.3 Å². The molecule has 0 radical (unpaired) electrons. The summed E-state index contributed by atoms with van der Waals surface area (Å²) in [6.45, 7) is 15.8. The van der Waals surface area contributed by atoms with Crippen LogP contribution in [0.15, 0.2) is 67.0 Å². The highest BCUT2D eigenvalue weighted by Gasteiger charge is 2.53. The summed E-state index contributed by atoms with van der Waals surface area (Å²) in [5, 5.41) is 15.6. The summed E-state index contributed by atoms with van der Waals surface area (Å²) in [6, 6.07) is 13.1. The highest BCUT2D eigenvalue weighted by Crippen LogP contribution is 2.53. The minimum absolute atomic E-state index is 0.00703. The number of aromatic amines is 1. The smallest absolute Gasteiger partial charge is 0.405 e. The quantitative estimate of drug-likeness (QED) is 0.101. The number of methoxy groups -OCH3 is 1. The van der Waals surface area contributed by atoms with Gasteiger partial charge in [-0.3, -0.25) is 19.7 Å². The van der Waals surface area contributed by atoms with Crippen LogP contribution in [-0.4, -0.2) is 105 Å². The number of aromatic nitrogens is 3. The number of aliphatic hydroxyl groups excluding tert-OH is 1. The van der Waals surface area contributed by atoms with Crippen molar-refractivity contribution in [2.24, 2.45) is 23.2 Å². The molecule has 0 bridgehead atoms. The number of amides is 3. The first-order chi connectivity index (χ1) is 29.7. The van der Waals surface area contributed by atoms with E-state index in [1.807, 2.05) is 32.6 Å². The summed E-state index contributed by atoms with van der Waals surface area (Å²) >= 11 is 0. The molecule has 7 rings (SSSR count). The van der Waals surface area contributed by atoms with E-state index in [4.69, 9.17) is 9.72 Å². The number of nitrogens with one attached hydrogen (secondary N) is 3. The van der Waals surface area contributed by atoms with Gasteiger partial charge in [0.1, 0.15) is 17.4 Å². The number of rotatable bonds is 13. The average molecular weight is 875 g/mol. The first kappa shape index (κ1) is 45.5. The van der Waals surface area contributed by atoms with Crippen LogP contribution in [0.2, 0.25) is 0 Å². The van der Waals surface area contributed by atoms with Crippen LogP contribution in [0.4, 0.5) is 24.7 Å². The third-order valence-electron chi connectivity index (χ3n) is 12.5. The largest absolute Gasteiger partial charge is 0.573 e. The molecule has 14 nitrogen and oxygen atoms in total. The molecule has 3 amide bonds. The molecule has 338 valence electrons. The molecule has 1 unspecified atom stereocenters. The zero-order valence-electron chi connectivity index (χ0n) is 36.9. The molecule has 17 heteroatoms. The van der Waals surface area contributed by atoms with E-state index in [0.717, 1.165) is 12.5 Å². The Bertz CT molecular complexity index is 2280. The molecule has 2 aromatic heterocycles. The third kappa shape index (κ3) is 10.2. The Labute approximate surface area is 365 Å². The minimum Gasteiger partial charge on any atom is -0.405 e. The molecule has 2 aliphatic heterocycles. The minimum atomic E-state index is -5.03. The lowest BCUT2D eigenvalue weighted by Crippen LogP contribution is -2.59. The van der Waals surface area contributed by atoms with Gasteiger partial charge in [-0.2, -0.15) is 0 Å². The molecule has 0 spiro atoms. The Balaban J connectivity index is 1.03. The van der Waals surface area contributed by atoms with Gasteiger partial charge in [-0.25, -0.2) is 9.97 Å². The van der Waals surface area contributed by atoms with Gasteiger partial charge < -0.3 is 39.6 Å². The summed E-state index contributed by atoms with van der Waals surface area (Å²) in [4.78, 5) is 58.8. The fraction of sp³-hybridized carbons (Fsp3) is 0.500. The summed E-state index contributed by atoms with van der Waals surface area (Å²) in [7, 11) is 1.34. The van der Waals surface area contributed by atoms with Gasteiger partial charge >= 0.3 is 6.36 Å². The Morgan fingerprint density at radius 3 is 2.27 bits per heavy atom. The van der Waals surface area contributed by atoms with Crippen LogP contribution >= 0.6 is 0 Å². The van der Waals surface area contributed by atoms with Gasteiger partial charge in [-0.05, 0) is 79.8 Å². The van der Waals surface area contributed by atoms with Crippen molar-refractivity contribution >= 4 is 29.2 Å². The van der Waals surface area contributed by atoms with E-state index in [1.165, 1.54) is 25.4 Å². The van der Waals surface area contributed by atoms with Crippen LogP contribution in [0.5, 0.6) is 5.75 Å². The number of imidazole rings is 1. The maximum atomic E-state index is 13.8. The van der Waals surface area contributed by atoms with Crippen LogP contribution in [0, 0.1) is 23.2 Å². The number of hydrogen-bond acceptors (Lipinski definition) is 10. The number of pyridine rings is 1. The molecule has 4 aromatic rings. The van der Waals surface area contributed by atoms with E-state index in [1.54, 1.807) is 47.5 Å². The maximum Gasteiger partial charge on any atom is 0.573 e. The second kappa shape index (κ2) is 17.9. The van der Waals surface area contributed by atoms with Crippen molar-refractivity contribution in [2.75, 3.05) is 37.0 Å². The molecule has 2 saturated heterocycles. The zero-order valence-corrected chi connectivity index (χ0v) is 36.9. The number of ether oxygens (including phenoxy) is 2. The highest BCUT2D eigenvalue weighted by molar-refractivity contribution is 6.05. The Morgan fingerprint density at radius 1 is 0.952 bits per heavy atom. The molecule has 1 saturated carbocycles. The van der Waals surface area contributed by atoms with E-state index < -0.39 is 30.5 Å². The number of alkyl halides is 3. The van der Waals surface area contributed by atoms with Gasteiger partial charge in [0, 0.05) is 67.6 Å². The number of carbonyl (C=O) groups is 3. The van der Waals surface area contributed by atoms with Gasteiger partial charge in [0.25, 0.3) is 5.91 Å². The Morgan fingerprint density at radius 2 is 1.65 bits per heavy atom. The predicted molar refractivity (Wildman–Crippen MR) is 231 cm³/mol. The van der Waals surface area contributed by atoms with Gasteiger partial charge in [-0.15, -0.1) is 13.2 Å². The van der Waals surface area contributed by atoms with Crippen molar-refractivity contribution in [3.05, 3.63) is 78.4 Å². The SMILES string of the molecule is COC(O)N[C@H](C(=O)N1C[C@@H](C)C[C@H]1c1nc(-c2ccc(-c3ccc(C(=O)Nc4ccc(N5C[C@H](C)N(C(=O)[C@H]6CC6(C)C)C[C@H]5C)nc4)cc3OC(F)(F)F)cc2)c[nH]1)C(C)C. The molecular formula is C46H57F3N8O6. The van der Waals surface area contributed by atoms with Gasteiger partial charge in [0.2, 0.25) is 18.2 Å². The van der Waals surface area contributed by atoms with Crippen LogP contribution in [0.25, 0.3) is 22.4 Å². The van der Waals surface area contributed by atoms with E-state index in [2.05, 4.69) is 51.0 Å². The predicted octanol–water partition coefficient (Wildman–Crippen LogP) is 7.21. The number of aliphatic hydroxyl groups is 1. The summed E-state index contributed by atoms with van der Waals surface area (Å²) < 4.78 is 50.6. The zero-order chi connectivity index (χ0) is 45.5. The van der Waals surface area contributed by atoms with Gasteiger partial charge in [0.05, 0.1) is 29.7 Å². The molecule has 7 atom stereocenters. The number of piperazine rings is 1. The number of halogens is 3. The average Bonchev–Trinajstić information content (AvgIpc) is 3.51. The fourth-order valence-electron chi connectivity index (χ4n) is 8.76. The van der Waals surface area contributed by atoms with Gasteiger partial charge in [0.15, 0.2) is 0 Å². The second-order valence-corrected chi connectivity index (χ2v) is 18.3. The molecule has 4 N–H and O–H groups in total. The highest BCUT2D eigenvalue weighted by atomic mass is 19.4. The monoisotopic (exact) mass is 874 g/mol. The van der Waals surface area contributed by atoms with Crippen molar-refractivity contribution in [1.82, 2.24) is 30.1 Å². The Hall–Kier alpha value is -5.52. The first-order valence-electron chi connectivity index (χ1n) is 21.4. The molecule has 3 aliphatic rings. The molecule has 2 aromatic carbocycles. The lowest BCUT2D eigenvalue weighted by molar-refractivity contribution is -0.274. The molecule has 63 heavy (non-hydrogen) atoms. The third-order valence-corrected chi connectivity index (χ3v) is 12.5. The van der Waals surface area contributed by atoms with Gasteiger partial charge in [-0.1, -0.05) is 58.9 Å². The van der Waals surface area contributed by atoms with Crippen LogP contribution < -0.4 is 20.3 Å². The molecule has 3 fully saturated rings. The summed E-state index contributed by atoms with van der Waals surface area (Å²) in [5.41, 5.74) is 2.15. The van der Waals surface area contributed by atoms with Crippen LogP contribution in [-0.2, 0) is 14.3 Å². The number of anilines is 2. The van der Waals surface area contributed by atoms with E-state index in [-0.39, 0.29) is 64.2 Å². The van der Waals surface area contributed by atoms with E-state index in [9.17, 15) is 32.7 Å². The van der Waals surface area contributed by atoms with Crippen molar-refractivity contribution in [3.63, 3.8) is 0 Å². The Kier molecular flexibility index (Phi) is 12.9. The lowest BCUT2D eigenvalue weighted by atomic mass is 10.00. The number of hydrogen-bond donors (Lipinski definition) is 4. The normalized spacial score (nSPS) is 23.1. The molecule has 1 aliphatic carbocycles. The van der Waals surface area contributed by atoms with Crippen molar-refractivity contribution in [1.29, 1.82) is 0 Å². The first-order valence-corrected chi connectivity index (χ1v) is 21.4. The van der Waals surface area contributed by atoms with Crippen LogP contribution in [0.3, 0.4) is 0 Å². The number of H-pyrrole nitrogens is 1. The number of carbonyl (C=O) groups excluding carboxylic acids is 3. The lowest BCUT2D eigenvalue weighted by Gasteiger charge is -2.45. The van der Waals surface area contributed by atoms with E-state index >= 15 is 0 Å². The van der Waals surface area contributed by atoms with Crippen LogP contribution in [0.1, 0.15) is 83.5 Å².